The van der Waals surface area contributed by atoms with Gasteiger partial charge in [0, 0.05) is 17.7 Å². The number of ether oxygens (including phenoxy) is 1. The molecule has 0 bridgehead atoms. The van der Waals surface area contributed by atoms with Crippen LogP contribution in [0.25, 0.3) is 5.57 Å². The second-order valence-electron chi connectivity index (χ2n) is 6.10. The smallest absolute Gasteiger partial charge is 0.282 e. The zero-order valence-electron chi connectivity index (χ0n) is 13.5. The molecule has 1 heterocycles. The summed E-state index contributed by atoms with van der Waals surface area (Å²) in [7, 11) is 3.10. The van der Waals surface area contributed by atoms with Crippen LogP contribution in [0.15, 0.2) is 24.0 Å². The number of rotatable bonds is 3. The number of nitrogens with zero attached hydrogens (tertiary/aromatic N) is 1. The molecule has 1 aliphatic heterocycles. The van der Waals surface area contributed by atoms with Gasteiger partial charge in [0.25, 0.3) is 5.91 Å². The van der Waals surface area contributed by atoms with E-state index in [2.05, 4.69) is 0 Å². The Morgan fingerprint density at radius 1 is 1.25 bits per heavy atom. The van der Waals surface area contributed by atoms with Crippen molar-refractivity contribution in [3.63, 3.8) is 0 Å². The summed E-state index contributed by atoms with van der Waals surface area (Å²) in [6.45, 7) is 0. The van der Waals surface area contributed by atoms with Crippen LogP contribution in [0.5, 0.6) is 0 Å². The van der Waals surface area contributed by atoms with E-state index in [1.54, 1.807) is 25.3 Å². The first kappa shape index (κ1) is 17.5. The molecule has 1 fully saturated rings. The minimum atomic E-state index is -0.862. The predicted octanol–water partition coefficient (Wildman–Crippen LogP) is 3.99. The highest BCUT2D eigenvalue weighted by Gasteiger charge is 2.55. The number of aliphatic hydroxyl groups is 1. The van der Waals surface area contributed by atoms with Crippen LogP contribution in [0.1, 0.15) is 31.2 Å². The number of methoxy groups -OCH3 is 1. The summed E-state index contributed by atoms with van der Waals surface area (Å²) in [4.78, 5) is 18.2. The van der Waals surface area contributed by atoms with Crippen molar-refractivity contribution in [3.8, 4) is 0 Å². The Labute approximate surface area is 150 Å². The summed E-state index contributed by atoms with van der Waals surface area (Å²) >= 11 is 12.2. The molecular weight excluding hydrogens is 353 g/mol. The van der Waals surface area contributed by atoms with Gasteiger partial charge in [-0.15, -0.1) is 0 Å². The third kappa shape index (κ3) is 2.60. The first-order valence-electron chi connectivity index (χ1n) is 7.75. The summed E-state index contributed by atoms with van der Waals surface area (Å²) in [6.07, 6.45) is 2.71. The SMILES string of the molecule is COC1CCC2(CC1)C(O)=C(c1ccc(Cl)cc1Cl)C(=O)N2OC. The number of hydrogen-bond donors (Lipinski definition) is 1. The van der Waals surface area contributed by atoms with Gasteiger partial charge in [-0.3, -0.25) is 9.63 Å². The summed E-state index contributed by atoms with van der Waals surface area (Å²) in [5.74, 6) is -0.386. The molecular formula is C17H19Cl2NO4. The molecule has 1 aromatic rings. The molecule has 3 rings (SSSR count). The molecule has 0 unspecified atom stereocenters. The van der Waals surface area contributed by atoms with Gasteiger partial charge < -0.3 is 9.84 Å². The van der Waals surface area contributed by atoms with Crippen LogP contribution in [0, 0.1) is 0 Å². The largest absolute Gasteiger partial charge is 0.509 e. The molecule has 0 radical (unpaired) electrons. The van der Waals surface area contributed by atoms with Crippen LogP contribution >= 0.6 is 23.2 Å². The van der Waals surface area contributed by atoms with Gasteiger partial charge in [-0.25, -0.2) is 5.06 Å². The lowest BCUT2D eigenvalue weighted by molar-refractivity contribution is -0.203. The van der Waals surface area contributed by atoms with Gasteiger partial charge in [0.15, 0.2) is 0 Å². The van der Waals surface area contributed by atoms with Crippen molar-refractivity contribution in [2.45, 2.75) is 37.3 Å². The Morgan fingerprint density at radius 3 is 2.46 bits per heavy atom. The number of hydroxylamine groups is 2. The molecule has 0 aromatic heterocycles. The highest BCUT2D eigenvalue weighted by molar-refractivity contribution is 6.37. The summed E-state index contributed by atoms with van der Waals surface area (Å²) in [5.41, 5.74) is -0.232. The molecule has 0 saturated heterocycles. The molecule has 2 aliphatic rings. The highest BCUT2D eigenvalue weighted by Crippen LogP contribution is 2.48. The highest BCUT2D eigenvalue weighted by atomic mass is 35.5. The normalized spacial score (nSPS) is 27.4. The molecule has 0 atom stereocenters. The zero-order valence-corrected chi connectivity index (χ0v) is 15.0. The number of carbonyl (C=O) groups excluding carboxylic acids is 1. The van der Waals surface area contributed by atoms with Crippen LogP contribution in [-0.4, -0.2) is 41.9 Å². The fraction of sp³-hybridized carbons (Fsp3) is 0.471. The van der Waals surface area contributed by atoms with E-state index in [0.717, 1.165) is 12.8 Å². The molecule has 1 aromatic carbocycles. The fourth-order valence-corrected chi connectivity index (χ4v) is 4.17. The van der Waals surface area contributed by atoms with Crippen LogP contribution < -0.4 is 0 Å². The van der Waals surface area contributed by atoms with E-state index in [1.165, 1.54) is 12.2 Å². The Balaban J connectivity index is 2.07. The molecule has 1 spiro atoms. The summed E-state index contributed by atoms with van der Waals surface area (Å²) in [6, 6.07) is 4.83. The van der Waals surface area contributed by atoms with Gasteiger partial charge in [-0.05, 0) is 37.8 Å². The van der Waals surface area contributed by atoms with E-state index in [4.69, 9.17) is 32.8 Å². The van der Waals surface area contributed by atoms with Gasteiger partial charge in [0.05, 0.1) is 23.8 Å². The second kappa shape index (κ2) is 6.56. The molecule has 1 amide bonds. The average molecular weight is 372 g/mol. The maximum absolute atomic E-state index is 12.9. The lowest BCUT2D eigenvalue weighted by Crippen LogP contribution is -2.50. The minimum Gasteiger partial charge on any atom is -0.509 e. The number of halogens is 2. The van der Waals surface area contributed by atoms with Crippen molar-refractivity contribution < 1.29 is 19.5 Å². The quantitative estimate of drug-likeness (QED) is 0.872. The third-order valence-electron chi connectivity index (χ3n) is 4.94. The molecule has 5 nitrogen and oxygen atoms in total. The van der Waals surface area contributed by atoms with E-state index in [9.17, 15) is 9.90 Å². The molecule has 1 N–H and O–H groups in total. The lowest BCUT2D eigenvalue weighted by Gasteiger charge is -2.41. The number of hydrogen-bond acceptors (Lipinski definition) is 4. The minimum absolute atomic E-state index is 0.00752. The predicted molar refractivity (Wildman–Crippen MR) is 91.9 cm³/mol. The van der Waals surface area contributed by atoms with Gasteiger partial charge >= 0.3 is 0 Å². The number of benzene rings is 1. The fourth-order valence-electron chi connectivity index (χ4n) is 3.66. The Bertz CT molecular complexity index is 696. The first-order chi connectivity index (χ1) is 11.4. The van der Waals surface area contributed by atoms with Crippen molar-refractivity contribution in [3.05, 3.63) is 39.6 Å². The number of carbonyl (C=O) groups is 1. The summed E-state index contributed by atoms with van der Waals surface area (Å²) < 4.78 is 5.39. The van der Waals surface area contributed by atoms with Gasteiger partial charge in [0.1, 0.15) is 11.3 Å². The first-order valence-corrected chi connectivity index (χ1v) is 8.51. The molecule has 130 valence electrons. The van der Waals surface area contributed by atoms with Gasteiger partial charge in [0.2, 0.25) is 0 Å². The van der Waals surface area contributed by atoms with Crippen molar-refractivity contribution >= 4 is 34.7 Å². The molecule has 24 heavy (non-hydrogen) atoms. The maximum Gasteiger partial charge on any atom is 0.282 e. The Morgan fingerprint density at radius 2 is 1.92 bits per heavy atom. The van der Waals surface area contributed by atoms with E-state index >= 15 is 0 Å². The third-order valence-corrected chi connectivity index (χ3v) is 5.49. The Kier molecular flexibility index (Phi) is 4.80. The zero-order chi connectivity index (χ0) is 17.5. The Hall–Kier alpha value is -1.27. The van der Waals surface area contributed by atoms with E-state index in [1.807, 2.05) is 0 Å². The molecule has 1 aliphatic carbocycles. The van der Waals surface area contributed by atoms with Crippen LogP contribution in [0.3, 0.4) is 0 Å². The van der Waals surface area contributed by atoms with Gasteiger partial charge in [-0.1, -0.05) is 29.3 Å². The van der Waals surface area contributed by atoms with Crippen LogP contribution in [0.2, 0.25) is 10.0 Å². The van der Waals surface area contributed by atoms with Crippen molar-refractivity contribution in [2.75, 3.05) is 14.2 Å². The van der Waals surface area contributed by atoms with Crippen molar-refractivity contribution in [2.24, 2.45) is 0 Å². The maximum atomic E-state index is 12.9. The number of amides is 1. The van der Waals surface area contributed by atoms with E-state index in [0.29, 0.717) is 28.5 Å². The molecule has 1 saturated carbocycles. The second-order valence-corrected chi connectivity index (χ2v) is 6.94. The van der Waals surface area contributed by atoms with E-state index < -0.39 is 11.4 Å². The van der Waals surface area contributed by atoms with Crippen LogP contribution in [-0.2, 0) is 14.4 Å². The van der Waals surface area contributed by atoms with E-state index in [-0.39, 0.29) is 17.4 Å². The van der Waals surface area contributed by atoms with Crippen molar-refractivity contribution in [1.29, 1.82) is 0 Å². The number of aliphatic hydroxyl groups excluding tert-OH is 1. The average Bonchev–Trinajstić information content (AvgIpc) is 2.76. The van der Waals surface area contributed by atoms with Crippen LogP contribution in [0.4, 0.5) is 0 Å². The molecule has 7 heteroatoms. The standard InChI is InChI=1S/C17H19Cl2NO4/c1-23-11-5-7-17(8-6-11)15(21)14(16(22)20(17)24-2)12-4-3-10(18)9-13(12)19/h3-4,9,11,21H,5-8H2,1-2H3. The topological polar surface area (TPSA) is 59.0 Å². The van der Waals surface area contributed by atoms with Crippen molar-refractivity contribution in [1.82, 2.24) is 5.06 Å². The van der Waals surface area contributed by atoms with Gasteiger partial charge in [-0.2, -0.15) is 0 Å². The summed E-state index contributed by atoms with van der Waals surface area (Å²) in [5, 5.41) is 13.0. The lowest BCUT2D eigenvalue weighted by atomic mass is 9.79. The monoisotopic (exact) mass is 371 g/mol.